The summed E-state index contributed by atoms with van der Waals surface area (Å²) in [7, 11) is 3.50. The number of piperidine rings is 1. The highest BCUT2D eigenvalue weighted by atomic mass is 19.4. The SMILES string of the molecule is COc1ccc2c(c1)c(CC(=O)NCc1ccc(C(F)(F)F)nc1N1CCC(C)CC1)cn2C. The van der Waals surface area contributed by atoms with E-state index in [1.807, 2.05) is 40.9 Å². The van der Waals surface area contributed by atoms with Crippen LogP contribution >= 0.6 is 0 Å². The highest BCUT2D eigenvalue weighted by Gasteiger charge is 2.34. The molecular formula is C25H29F3N4O2. The van der Waals surface area contributed by atoms with Gasteiger partial charge in [0.2, 0.25) is 5.91 Å². The van der Waals surface area contributed by atoms with Gasteiger partial charge in [0.05, 0.1) is 13.5 Å². The van der Waals surface area contributed by atoms with Gasteiger partial charge in [-0.2, -0.15) is 13.2 Å². The first kappa shape index (κ1) is 23.9. The Hall–Kier alpha value is -3.23. The molecule has 1 fully saturated rings. The van der Waals surface area contributed by atoms with Crippen molar-refractivity contribution >= 4 is 22.6 Å². The number of pyridine rings is 1. The predicted molar refractivity (Wildman–Crippen MR) is 125 cm³/mol. The number of amides is 1. The zero-order valence-corrected chi connectivity index (χ0v) is 19.6. The number of ether oxygens (including phenoxy) is 1. The number of carbonyl (C=O) groups is 1. The molecule has 182 valence electrons. The second-order valence-corrected chi connectivity index (χ2v) is 8.95. The lowest BCUT2D eigenvalue weighted by atomic mass is 9.99. The van der Waals surface area contributed by atoms with Crippen molar-refractivity contribution in [1.82, 2.24) is 14.9 Å². The Labute approximate surface area is 196 Å². The molecule has 3 aromatic rings. The maximum absolute atomic E-state index is 13.3. The van der Waals surface area contributed by atoms with Gasteiger partial charge >= 0.3 is 6.18 Å². The lowest BCUT2D eigenvalue weighted by Gasteiger charge is -2.33. The van der Waals surface area contributed by atoms with Crippen LogP contribution in [-0.2, 0) is 31.0 Å². The standard InChI is InChI=1S/C25H29F3N4O2/c1-16-8-10-32(11-9-16)24-17(4-7-22(30-24)25(26,27)28)14-29-23(33)12-18-15-31(2)21-6-5-19(34-3)13-20(18)21/h4-7,13,15-16H,8-12,14H2,1-3H3,(H,29,33). The molecule has 1 aliphatic heterocycles. The number of carbonyl (C=O) groups excluding carboxylic acids is 1. The summed E-state index contributed by atoms with van der Waals surface area (Å²) in [5, 5.41) is 3.80. The number of hydrogen-bond donors (Lipinski definition) is 1. The molecule has 3 heterocycles. The largest absolute Gasteiger partial charge is 0.497 e. The zero-order chi connectivity index (χ0) is 24.5. The number of anilines is 1. The predicted octanol–water partition coefficient (Wildman–Crippen LogP) is 4.70. The molecule has 4 rings (SSSR count). The summed E-state index contributed by atoms with van der Waals surface area (Å²) in [6.45, 7) is 3.54. The molecule has 0 radical (unpaired) electrons. The fourth-order valence-corrected chi connectivity index (χ4v) is 4.42. The van der Waals surface area contributed by atoms with Crippen molar-refractivity contribution in [3.63, 3.8) is 0 Å². The minimum absolute atomic E-state index is 0.111. The number of benzene rings is 1. The Bertz CT molecular complexity index is 1180. The number of nitrogens with zero attached hydrogens (tertiary/aromatic N) is 3. The van der Waals surface area contributed by atoms with E-state index < -0.39 is 11.9 Å². The number of aromatic nitrogens is 2. The van der Waals surface area contributed by atoms with Crippen LogP contribution in [0.25, 0.3) is 10.9 Å². The van der Waals surface area contributed by atoms with E-state index in [4.69, 9.17) is 4.74 Å². The van der Waals surface area contributed by atoms with Gasteiger partial charge < -0.3 is 19.5 Å². The first-order valence-electron chi connectivity index (χ1n) is 11.4. The van der Waals surface area contributed by atoms with E-state index in [9.17, 15) is 18.0 Å². The average Bonchev–Trinajstić information content (AvgIpc) is 3.11. The van der Waals surface area contributed by atoms with Crippen molar-refractivity contribution in [2.24, 2.45) is 13.0 Å². The number of rotatable bonds is 6. The molecule has 1 saturated heterocycles. The lowest BCUT2D eigenvalue weighted by Crippen LogP contribution is -2.35. The molecular weight excluding hydrogens is 445 g/mol. The molecule has 0 bridgehead atoms. The first-order chi connectivity index (χ1) is 16.2. The molecule has 6 nitrogen and oxygen atoms in total. The molecule has 1 aliphatic rings. The molecule has 9 heteroatoms. The van der Waals surface area contributed by atoms with E-state index in [0.29, 0.717) is 36.1 Å². The Morgan fingerprint density at radius 2 is 1.91 bits per heavy atom. The van der Waals surface area contributed by atoms with E-state index in [2.05, 4.69) is 17.2 Å². The van der Waals surface area contributed by atoms with E-state index in [-0.39, 0.29) is 18.9 Å². The summed E-state index contributed by atoms with van der Waals surface area (Å²) in [4.78, 5) is 18.6. The van der Waals surface area contributed by atoms with Crippen LogP contribution < -0.4 is 15.0 Å². The summed E-state index contributed by atoms with van der Waals surface area (Å²) < 4.78 is 47.2. The van der Waals surface area contributed by atoms with Crippen LogP contribution in [0.3, 0.4) is 0 Å². The first-order valence-corrected chi connectivity index (χ1v) is 11.4. The van der Waals surface area contributed by atoms with Gasteiger partial charge in [-0.25, -0.2) is 4.98 Å². The number of alkyl halides is 3. The maximum Gasteiger partial charge on any atom is 0.433 e. The highest BCUT2D eigenvalue weighted by molar-refractivity contribution is 5.90. The summed E-state index contributed by atoms with van der Waals surface area (Å²) in [5.74, 6) is 1.33. The molecule has 0 unspecified atom stereocenters. The molecule has 34 heavy (non-hydrogen) atoms. The van der Waals surface area contributed by atoms with Crippen LogP contribution in [0, 0.1) is 5.92 Å². The van der Waals surface area contributed by atoms with Crippen molar-refractivity contribution in [3.8, 4) is 5.75 Å². The molecule has 0 atom stereocenters. The third-order valence-corrected chi connectivity index (χ3v) is 6.44. The fraction of sp³-hybridized carbons (Fsp3) is 0.440. The van der Waals surface area contributed by atoms with Crippen molar-refractivity contribution in [3.05, 3.63) is 53.3 Å². The number of methoxy groups -OCH3 is 1. The maximum atomic E-state index is 13.3. The summed E-state index contributed by atoms with van der Waals surface area (Å²) >= 11 is 0. The molecule has 0 aliphatic carbocycles. The molecule has 1 N–H and O–H groups in total. The van der Waals surface area contributed by atoms with Crippen LogP contribution in [0.15, 0.2) is 36.5 Å². The van der Waals surface area contributed by atoms with Gasteiger partial charge in [0, 0.05) is 49.3 Å². The summed E-state index contributed by atoms with van der Waals surface area (Å²) in [6, 6.07) is 8.11. The number of nitrogens with one attached hydrogen (secondary N) is 1. The van der Waals surface area contributed by atoms with Gasteiger partial charge in [0.1, 0.15) is 17.3 Å². The fourth-order valence-electron chi connectivity index (χ4n) is 4.42. The minimum Gasteiger partial charge on any atom is -0.497 e. The summed E-state index contributed by atoms with van der Waals surface area (Å²) in [6.07, 6.45) is -0.670. The average molecular weight is 475 g/mol. The minimum atomic E-state index is -4.52. The number of fused-ring (bicyclic) bond motifs is 1. The van der Waals surface area contributed by atoms with E-state index in [1.165, 1.54) is 6.07 Å². The summed E-state index contributed by atoms with van der Waals surface area (Å²) in [5.41, 5.74) is 1.50. The molecule has 0 spiro atoms. The Kier molecular flexibility index (Phi) is 6.72. The number of aryl methyl sites for hydroxylation is 1. The van der Waals surface area contributed by atoms with Gasteiger partial charge in [0.15, 0.2) is 0 Å². The van der Waals surface area contributed by atoms with Gasteiger partial charge in [-0.1, -0.05) is 13.0 Å². The van der Waals surface area contributed by atoms with Gasteiger partial charge in [-0.05, 0) is 48.6 Å². The molecule has 1 aromatic carbocycles. The second kappa shape index (κ2) is 9.56. The third-order valence-electron chi connectivity index (χ3n) is 6.44. The molecule has 1 amide bonds. The normalized spacial score (nSPS) is 15.1. The topological polar surface area (TPSA) is 59.4 Å². The monoisotopic (exact) mass is 474 g/mol. The van der Waals surface area contributed by atoms with Crippen LogP contribution in [0.5, 0.6) is 5.75 Å². The Balaban J connectivity index is 1.52. The Morgan fingerprint density at radius 1 is 1.18 bits per heavy atom. The van der Waals surface area contributed by atoms with Gasteiger partial charge in [0.25, 0.3) is 0 Å². The van der Waals surface area contributed by atoms with Gasteiger partial charge in [-0.3, -0.25) is 4.79 Å². The lowest BCUT2D eigenvalue weighted by molar-refractivity contribution is -0.141. The second-order valence-electron chi connectivity index (χ2n) is 8.95. The molecule has 2 aromatic heterocycles. The highest BCUT2D eigenvalue weighted by Crippen LogP contribution is 2.32. The third kappa shape index (κ3) is 5.13. The van der Waals surface area contributed by atoms with Crippen molar-refractivity contribution in [2.45, 2.75) is 38.9 Å². The number of hydrogen-bond acceptors (Lipinski definition) is 4. The van der Waals surface area contributed by atoms with E-state index in [1.54, 1.807) is 7.11 Å². The number of halogens is 3. The zero-order valence-electron chi connectivity index (χ0n) is 19.6. The van der Waals surface area contributed by atoms with Crippen molar-refractivity contribution < 1.29 is 22.7 Å². The van der Waals surface area contributed by atoms with Crippen LogP contribution in [0.1, 0.15) is 36.6 Å². The van der Waals surface area contributed by atoms with E-state index >= 15 is 0 Å². The van der Waals surface area contributed by atoms with Crippen LogP contribution in [0.4, 0.5) is 19.0 Å². The smallest absolute Gasteiger partial charge is 0.433 e. The van der Waals surface area contributed by atoms with Crippen molar-refractivity contribution in [2.75, 3.05) is 25.1 Å². The molecule has 0 saturated carbocycles. The quantitative estimate of drug-likeness (QED) is 0.563. The van der Waals surface area contributed by atoms with E-state index in [0.717, 1.165) is 35.4 Å². The van der Waals surface area contributed by atoms with Crippen LogP contribution in [0.2, 0.25) is 0 Å². The van der Waals surface area contributed by atoms with Gasteiger partial charge in [-0.15, -0.1) is 0 Å². The van der Waals surface area contributed by atoms with Crippen LogP contribution in [-0.4, -0.2) is 35.7 Å². The van der Waals surface area contributed by atoms with Crippen molar-refractivity contribution in [1.29, 1.82) is 0 Å². The Morgan fingerprint density at radius 3 is 2.59 bits per heavy atom.